The van der Waals surface area contributed by atoms with Gasteiger partial charge >= 0.3 is 12.0 Å². The summed E-state index contributed by atoms with van der Waals surface area (Å²) >= 11 is 0. The lowest BCUT2D eigenvalue weighted by Gasteiger charge is -2.19. The third-order valence-corrected chi connectivity index (χ3v) is 6.13. The van der Waals surface area contributed by atoms with Crippen LogP contribution >= 0.6 is 0 Å². The molecule has 2 N–H and O–H groups in total. The molecule has 0 aromatic heterocycles. The molecule has 0 saturated heterocycles. The first-order valence-electron chi connectivity index (χ1n) is 9.37. The lowest BCUT2D eigenvalue weighted by molar-refractivity contribution is -0.127. The minimum atomic E-state index is -3.75. The second-order valence-electron chi connectivity index (χ2n) is 6.73. The molecular formula is C19H29N3O6S. The number of amides is 3. The molecule has 3 amide bonds. The molecule has 1 unspecified atom stereocenters. The van der Waals surface area contributed by atoms with Crippen LogP contribution in [-0.2, 0) is 19.6 Å². The predicted octanol–water partition coefficient (Wildman–Crippen LogP) is 1.81. The van der Waals surface area contributed by atoms with E-state index < -0.39 is 34.0 Å². The summed E-state index contributed by atoms with van der Waals surface area (Å²) in [6.07, 6.45) is -1.25. The van der Waals surface area contributed by atoms with E-state index in [1.165, 1.54) is 29.4 Å². The van der Waals surface area contributed by atoms with Gasteiger partial charge in [0.05, 0.1) is 10.5 Å². The number of carbonyl (C=O) groups is 3. The van der Waals surface area contributed by atoms with Gasteiger partial charge in [-0.3, -0.25) is 10.1 Å². The lowest BCUT2D eigenvalue weighted by Crippen LogP contribution is -2.46. The zero-order valence-corrected chi connectivity index (χ0v) is 18.4. The van der Waals surface area contributed by atoms with Crippen LogP contribution in [0.25, 0.3) is 0 Å². The Morgan fingerprint density at radius 1 is 1.10 bits per heavy atom. The third kappa shape index (κ3) is 6.53. The number of esters is 1. The van der Waals surface area contributed by atoms with Crippen LogP contribution in [0.1, 0.15) is 50.5 Å². The van der Waals surface area contributed by atoms with E-state index in [9.17, 15) is 22.8 Å². The van der Waals surface area contributed by atoms with Crippen molar-refractivity contribution in [2.45, 2.75) is 58.6 Å². The molecule has 0 spiro atoms. The standard InChI is InChI=1S/C19H29N3O6S/c1-7-22(8-2)29(26,27)15-10-9-13(5)16(11-15)18(24)28-14(6)17(23)21-19(25)20-12(3)4/h9-12,14H,7-8H2,1-6H3,(H2,20,21,23,25). The minimum Gasteiger partial charge on any atom is -0.449 e. The normalized spacial score (nSPS) is 12.6. The first-order chi connectivity index (χ1) is 13.4. The van der Waals surface area contributed by atoms with Gasteiger partial charge < -0.3 is 10.1 Å². The van der Waals surface area contributed by atoms with E-state index >= 15 is 0 Å². The molecule has 10 heteroatoms. The highest BCUT2D eigenvalue weighted by molar-refractivity contribution is 7.89. The van der Waals surface area contributed by atoms with Gasteiger partial charge in [-0.1, -0.05) is 19.9 Å². The van der Waals surface area contributed by atoms with Crippen LogP contribution in [-0.4, -0.2) is 55.9 Å². The number of nitrogens with one attached hydrogen (secondary N) is 2. The van der Waals surface area contributed by atoms with Gasteiger partial charge in [0.1, 0.15) is 0 Å². The number of rotatable bonds is 8. The predicted molar refractivity (Wildman–Crippen MR) is 108 cm³/mol. The highest BCUT2D eigenvalue weighted by atomic mass is 32.2. The van der Waals surface area contributed by atoms with Gasteiger partial charge in [-0.25, -0.2) is 18.0 Å². The number of benzene rings is 1. The fourth-order valence-electron chi connectivity index (χ4n) is 2.48. The Kier molecular flexibility index (Phi) is 8.78. The number of urea groups is 1. The van der Waals surface area contributed by atoms with Crippen LogP contribution in [0.3, 0.4) is 0 Å². The molecule has 1 rings (SSSR count). The summed E-state index contributed by atoms with van der Waals surface area (Å²) in [7, 11) is -3.75. The average Bonchev–Trinajstić information content (AvgIpc) is 2.61. The van der Waals surface area contributed by atoms with Crippen LogP contribution in [0, 0.1) is 6.92 Å². The van der Waals surface area contributed by atoms with Crippen LogP contribution in [0.15, 0.2) is 23.1 Å². The minimum absolute atomic E-state index is 0.0320. The maximum atomic E-state index is 12.7. The van der Waals surface area contributed by atoms with Crippen molar-refractivity contribution in [3.8, 4) is 0 Å². The highest BCUT2D eigenvalue weighted by Crippen LogP contribution is 2.20. The lowest BCUT2D eigenvalue weighted by atomic mass is 10.1. The quantitative estimate of drug-likeness (QED) is 0.610. The van der Waals surface area contributed by atoms with E-state index in [-0.39, 0.29) is 16.5 Å². The number of carbonyl (C=O) groups excluding carboxylic acids is 3. The highest BCUT2D eigenvalue weighted by Gasteiger charge is 2.26. The molecule has 0 heterocycles. The molecule has 162 valence electrons. The molecule has 0 saturated carbocycles. The first-order valence-corrected chi connectivity index (χ1v) is 10.8. The van der Waals surface area contributed by atoms with Crippen LogP contribution in [0.2, 0.25) is 0 Å². The first kappa shape index (κ1) is 24.6. The molecular weight excluding hydrogens is 398 g/mol. The summed E-state index contributed by atoms with van der Waals surface area (Å²) < 4.78 is 31.8. The molecule has 1 atom stereocenters. The Balaban J connectivity index is 3.00. The fourth-order valence-corrected chi connectivity index (χ4v) is 3.97. The van der Waals surface area contributed by atoms with Gasteiger partial charge in [0.25, 0.3) is 5.91 Å². The third-order valence-electron chi connectivity index (χ3n) is 4.08. The Hall–Kier alpha value is -2.46. The maximum Gasteiger partial charge on any atom is 0.339 e. The van der Waals surface area contributed by atoms with Crippen LogP contribution in [0.5, 0.6) is 0 Å². The maximum absolute atomic E-state index is 12.7. The molecule has 0 bridgehead atoms. The van der Waals surface area contributed by atoms with Crippen molar-refractivity contribution in [3.63, 3.8) is 0 Å². The number of nitrogens with zero attached hydrogens (tertiary/aromatic N) is 1. The summed E-state index contributed by atoms with van der Waals surface area (Å²) in [4.78, 5) is 36.1. The summed E-state index contributed by atoms with van der Waals surface area (Å²) in [5.41, 5.74) is 0.531. The van der Waals surface area contributed by atoms with E-state index in [0.717, 1.165) is 0 Å². The van der Waals surface area contributed by atoms with Crippen molar-refractivity contribution >= 4 is 27.9 Å². The average molecular weight is 428 g/mol. The molecule has 1 aromatic carbocycles. The van der Waals surface area contributed by atoms with E-state index in [0.29, 0.717) is 18.7 Å². The van der Waals surface area contributed by atoms with Gasteiger partial charge in [0.2, 0.25) is 10.0 Å². The number of imide groups is 1. The Morgan fingerprint density at radius 2 is 1.69 bits per heavy atom. The Bertz CT molecular complexity index is 863. The Morgan fingerprint density at radius 3 is 2.21 bits per heavy atom. The molecule has 29 heavy (non-hydrogen) atoms. The summed E-state index contributed by atoms with van der Waals surface area (Å²) in [5.74, 6) is -1.65. The van der Waals surface area contributed by atoms with Crippen molar-refractivity contribution < 1.29 is 27.5 Å². The monoisotopic (exact) mass is 427 g/mol. The van der Waals surface area contributed by atoms with Crippen LogP contribution in [0.4, 0.5) is 4.79 Å². The van der Waals surface area contributed by atoms with Gasteiger partial charge in [-0.15, -0.1) is 0 Å². The molecule has 9 nitrogen and oxygen atoms in total. The summed E-state index contributed by atoms with van der Waals surface area (Å²) in [6.45, 7) is 10.4. The second kappa shape index (κ2) is 10.4. The fraction of sp³-hybridized carbons (Fsp3) is 0.526. The number of aryl methyl sites for hydroxylation is 1. The molecule has 0 aliphatic rings. The zero-order chi connectivity index (χ0) is 22.4. The SMILES string of the molecule is CCN(CC)S(=O)(=O)c1ccc(C)c(C(=O)OC(C)C(=O)NC(=O)NC(C)C)c1. The van der Waals surface area contributed by atoms with Gasteiger partial charge in [0, 0.05) is 19.1 Å². The van der Waals surface area contributed by atoms with Gasteiger partial charge in [0.15, 0.2) is 6.10 Å². The molecule has 0 fully saturated rings. The van der Waals surface area contributed by atoms with Crippen molar-refractivity contribution in [2.24, 2.45) is 0 Å². The Labute approximate surface area is 171 Å². The van der Waals surface area contributed by atoms with Gasteiger partial charge in [-0.05, 0) is 45.4 Å². The number of sulfonamides is 1. The van der Waals surface area contributed by atoms with E-state index in [2.05, 4.69) is 10.6 Å². The molecule has 0 aliphatic carbocycles. The van der Waals surface area contributed by atoms with Crippen LogP contribution < -0.4 is 10.6 Å². The van der Waals surface area contributed by atoms with Crippen molar-refractivity contribution in [2.75, 3.05) is 13.1 Å². The van der Waals surface area contributed by atoms with Crippen molar-refractivity contribution in [3.05, 3.63) is 29.3 Å². The number of ether oxygens (including phenoxy) is 1. The summed E-state index contributed by atoms with van der Waals surface area (Å²) in [6, 6.07) is 3.30. The van der Waals surface area contributed by atoms with E-state index in [4.69, 9.17) is 4.74 Å². The topological polar surface area (TPSA) is 122 Å². The molecule has 0 radical (unpaired) electrons. The smallest absolute Gasteiger partial charge is 0.339 e. The molecule has 0 aliphatic heterocycles. The van der Waals surface area contributed by atoms with Crippen molar-refractivity contribution in [1.82, 2.24) is 14.9 Å². The number of hydrogen-bond acceptors (Lipinski definition) is 6. The summed E-state index contributed by atoms with van der Waals surface area (Å²) in [5, 5.41) is 4.57. The number of hydrogen-bond donors (Lipinski definition) is 2. The van der Waals surface area contributed by atoms with E-state index in [1.807, 2.05) is 0 Å². The molecule has 1 aromatic rings. The largest absolute Gasteiger partial charge is 0.449 e. The van der Waals surface area contributed by atoms with E-state index in [1.54, 1.807) is 34.6 Å². The second-order valence-corrected chi connectivity index (χ2v) is 8.67. The zero-order valence-electron chi connectivity index (χ0n) is 17.6. The van der Waals surface area contributed by atoms with Crippen molar-refractivity contribution in [1.29, 1.82) is 0 Å². The van der Waals surface area contributed by atoms with Gasteiger partial charge in [-0.2, -0.15) is 4.31 Å².